The van der Waals surface area contributed by atoms with Crippen molar-refractivity contribution in [3.05, 3.63) is 54.1 Å². The zero-order chi connectivity index (χ0) is 22.4. The van der Waals surface area contributed by atoms with E-state index >= 15 is 0 Å². The van der Waals surface area contributed by atoms with Gasteiger partial charge in [-0.25, -0.2) is 12.7 Å². The Hall–Kier alpha value is -2.20. The fraction of sp³-hybridized carbons (Fsp3) is 0.409. The van der Waals surface area contributed by atoms with Crippen molar-refractivity contribution in [3.63, 3.8) is 0 Å². The summed E-state index contributed by atoms with van der Waals surface area (Å²) >= 11 is 5.72. The van der Waals surface area contributed by atoms with Crippen LogP contribution >= 0.6 is 12.2 Å². The predicted octanol–water partition coefficient (Wildman–Crippen LogP) is 3.32. The fourth-order valence-corrected chi connectivity index (χ4v) is 4.65. The van der Waals surface area contributed by atoms with Gasteiger partial charge in [-0.2, -0.15) is 0 Å². The third-order valence-electron chi connectivity index (χ3n) is 5.15. The van der Waals surface area contributed by atoms with Gasteiger partial charge in [0.25, 0.3) is 0 Å². The molecule has 168 valence electrons. The molecule has 3 rings (SSSR count). The van der Waals surface area contributed by atoms with Crippen molar-refractivity contribution >= 4 is 33.0 Å². The molecule has 1 heterocycles. The number of nitrogens with zero attached hydrogens (tertiary/aromatic N) is 2. The van der Waals surface area contributed by atoms with E-state index in [9.17, 15) is 8.42 Å². The SMILES string of the molecule is COc1ccccc1CN(CC1CCCO1)C(=S)Nc1cccc(S(=O)(=O)N(C)C)c1. The molecule has 1 unspecified atom stereocenters. The second kappa shape index (κ2) is 10.4. The quantitative estimate of drug-likeness (QED) is 0.602. The lowest BCUT2D eigenvalue weighted by Crippen LogP contribution is -2.39. The van der Waals surface area contributed by atoms with Crippen LogP contribution < -0.4 is 10.1 Å². The molecule has 0 saturated carbocycles. The average molecular weight is 464 g/mol. The topological polar surface area (TPSA) is 71.1 Å². The van der Waals surface area contributed by atoms with Gasteiger partial charge >= 0.3 is 0 Å². The van der Waals surface area contributed by atoms with E-state index in [0.717, 1.165) is 30.8 Å². The normalized spacial score (nSPS) is 16.3. The number of para-hydroxylation sites is 1. The molecular weight excluding hydrogens is 434 g/mol. The monoisotopic (exact) mass is 463 g/mol. The van der Waals surface area contributed by atoms with E-state index in [2.05, 4.69) is 5.32 Å². The molecule has 1 aliphatic rings. The highest BCUT2D eigenvalue weighted by molar-refractivity contribution is 7.89. The minimum absolute atomic E-state index is 0.106. The van der Waals surface area contributed by atoms with Crippen LogP contribution in [0.5, 0.6) is 5.75 Å². The number of benzene rings is 2. The highest BCUT2D eigenvalue weighted by atomic mass is 32.2. The van der Waals surface area contributed by atoms with Gasteiger partial charge in [-0.15, -0.1) is 0 Å². The van der Waals surface area contributed by atoms with Crippen LogP contribution in [0.1, 0.15) is 18.4 Å². The largest absolute Gasteiger partial charge is 0.496 e. The van der Waals surface area contributed by atoms with E-state index in [1.54, 1.807) is 31.4 Å². The van der Waals surface area contributed by atoms with Gasteiger partial charge in [0.2, 0.25) is 10.0 Å². The first-order valence-electron chi connectivity index (χ1n) is 10.1. The second-order valence-electron chi connectivity index (χ2n) is 7.57. The smallest absolute Gasteiger partial charge is 0.242 e. The van der Waals surface area contributed by atoms with Crippen molar-refractivity contribution < 1.29 is 17.9 Å². The van der Waals surface area contributed by atoms with Gasteiger partial charge in [-0.05, 0) is 49.3 Å². The molecule has 0 radical (unpaired) electrons. The van der Waals surface area contributed by atoms with Crippen LogP contribution in [-0.2, 0) is 21.3 Å². The van der Waals surface area contributed by atoms with Crippen LogP contribution in [0.3, 0.4) is 0 Å². The van der Waals surface area contributed by atoms with Crippen molar-refractivity contribution in [1.82, 2.24) is 9.21 Å². The maximum Gasteiger partial charge on any atom is 0.242 e. The van der Waals surface area contributed by atoms with E-state index in [1.807, 2.05) is 29.2 Å². The van der Waals surface area contributed by atoms with Crippen LogP contribution in [0.15, 0.2) is 53.4 Å². The van der Waals surface area contributed by atoms with Crippen LogP contribution in [0.4, 0.5) is 5.69 Å². The van der Waals surface area contributed by atoms with E-state index in [0.29, 0.717) is 23.9 Å². The van der Waals surface area contributed by atoms with Crippen molar-refractivity contribution in [3.8, 4) is 5.75 Å². The fourth-order valence-electron chi connectivity index (χ4n) is 3.44. The van der Waals surface area contributed by atoms with Gasteiger partial charge < -0.3 is 19.7 Å². The molecular formula is C22H29N3O4S2. The number of nitrogens with one attached hydrogen (secondary N) is 1. The first-order valence-corrected chi connectivity index (χ1v) is 12.0. The molecule has 0 aliphatic carbocycles. The standard InChI is InChI=1S/C22H29N3O4S2/c1-24(2)31(26,27)20-11-6-9-18(14-20)23-22(30)25(16-19-10-7-13-29-19)15-17-8-4-5-12-21(17)28-3/h4-6,8-9,11-12,14,19H,7,10,13,15-16H2,1-3H3,(H,23,30). The molecule has 1 N–H and O–H groups in total. The zero-order valence-electron chi connectivity index (χ0n) is 18.1. The Morgan fingerprint density at radius 1 is 1.23 bits per heavy atom. The van der Waals surface area contributed by atoms with Crippen LogP contribution in [-0.4, -0.2) is 63.2 Å². The molecule has 0 spiro atoms. The summed E-state index contributed by atoms with van der Waals surface area (Å²) in [5, 5.41) is 3.70. The summed E-state index contributed by atoms with van der Waals surface area (Å²) in [6.45, 7) is 1.95. The van der Waals surface area contributed by atoms with Crippen molar-refractivity contribution in [2.45, 2.75) is 30.4 Å². The highest BCUT2D eigenvalue weighted by Gasteiger charge is 2.23. The van der Waals surface area contributed by atoms with E-state index in [-0.39, 0.29) is 11.0 Å². The Bertz CT molecular complexity index is 1010. The molecule has 0 aromatic heterocycles. The van der Waals surface area contributed by atoms with Gasteiger partial charge in [0.1, 0.15) is 5.75 Å². The predicted molar refractivity (Wildman–Crippen MR) is 126 cm³/mol. The first kappa shape index (κ1) is 23.5. The maximum atomic E-state index is 12.5. The summed E-state index contributed by atoms with van der Waals surface area (Å²) in [5.41, 5.74) is 1.63. The molecule has 31 heavy (non-hydrogen) atoms. The van der Waals surface area contributed by atoms with Crippen molar-refractivity contribution in [1.29, 1.82) is 0 Å². The summed E-state index contributed by atoms with van der Waals surface area (Å²) in [4.78, 5) is 2.25. The molecule has 1 fully saturated rings. The van der Waals surface area contributed by atoms with Crippen molar-refractivity contribution in [2.75, 3.05) is 39.7 Å². The van der Waals surface area contributed by atoms with Crippen LogP contribution in [0, 0.1) is 0 Å². The highest BCUT2D eigenvalue weighted by Crippen LogP contribution is 2.23. The molecule has 9 heteroatoms. The number of hydrogen-bond acceptors (Lipinski definition) is 5. The molecule has 0 amide bonds. The van der Waals surface area contributed by atoms with E-state index in [1.165, 1.54) is 18.4 Å². The molecule has 2 aromatic carbocycles. The lowest BCUT2D eigenvalue weighted by molar-refractivity contribution is 0.0903. The molecule has 0 bridgehead atoms. The molecule has 7 nitrogen and oxygen atoms in total. The van der Waals surface area contributed by atoms with Gasteiger partial charge in [0.15, 0.2) is 5.11 Å². The van der Waals surface area contributed by atoms with Crippen LogP contribution in [0.2, 0.25) is 0 Å². The Kier molecular flexibility index (Phi) is 7.88. The van der Waals surface area contributed by atoms with E-state index < -0.39 is 10.0 Å². The summed E-state index contributed by atoms with van der Waals surface area (Å²) < 4.78 is 37.5. The third kappa shape index (κ3) is 5.94. The number of sulfonamides is 1. The minimum Gasteiger partial charge on any atom is -0.496 e. The van der Waals surface area contributed by atoms with Crippen LogP contribution in [0.25, 0.3) is 0 Å². The summed E-state index contributed by atoms with van der Waals surface area (Å²) in [6, 6.07) is 14.5. The lowest BCUT2D eigenvalue weighted by Gasteiger charge is -2.29. The molecule has 1 saturated heterocycles. The number of hydrogen-bond donors (Lipinski definition) is 1. The maximum absolute atomic E-state index is 12.5. The number of ether oxygens (including phenoxy) is 2. The molecule has 1 aliphatic heterocycles. The number of methoxy groups -OCH3 is 1. The average Bonchev–Trinajstić information content (AvgIpc) is 3.27. The number of anilines is 1. The molecule has 1 atom stereocenters. The summed E-state index contributed by atoms with van der Waals surface area (Å²) in [5.74, 6) is 0.793. The van der Waals surface area contributed by atoms with E-state index in [4.69, 9.17) is 21.7 Å². The lowest BCUT2D eigenvalue weighted by atomic mass is 10.1. The first-order chi connectivity index (χ1) is 14.8. The Labute approximate surface area is 190 Å². The van der Waals surface area contributed by atoms with Gasteiger partial charge in [-0.1, -0.05) is 24.3 Å². The van der Waals surface area contributed by atoms with Crippen molar-refractivity contribution in [2.24, 2.45) is 0 Å². The zero-order valence-corrected chi connectivity index (χ0v) is 19.7. The minimum atomic E-state index is -3.53. The number of thiocarbonyl (C=S) groups is 1. The Morgan fingerprint density at radius 3 is 2.68 bits per heavy atom. The second-order valence-corrected chi connectivity index (χ2v) is 10.1. The third-order valence-corrected chi connectivity index (χ3v) is 7.32. The van der Waals surface area contributed by atoms with Gasteiger partial charge in [0.05, 0.1) is 18.1 Å². The molecule has 2 aromatic rings. The Morgan fingerprint density at radius 2 is 2.00 bits per heavy atom. The summed E-state index contributed by atoms with van der Waals surface area (Å²) in [6.07, 6.45) is 2.13. The Balaban J connectivity index is 1.81. The van der Waals surface area contributed by atoms with Gasteiger partial charge in [-0.3, -0.25) is 0 Å². The number of rotatable bonds is 8. The van der Waals surface area contributed by atoms with Gasteiger partial charge in [0, 0.05) is 45.0 Å². The summed E-state index contributed by atoms with van der Waals surface area (Å²) in [7, 11) is 1.14.